The zero-order valence-electron chi connectivity index (χ0n) is 15.8. The van der Waals surface area contributed by atoms with Crippen LogP contribution in [0, 0.1) is 0 Å². The van der Waals surface area contributed by atoms with Crippen molar-refractivity contribution >= 4 is 22.8 Å². The molecular formula is C21H16F3N5O. The Morgan fingerprint density at radius 1 is 1.17 bits per heavy atom. The second-order valence-corrected chi connectivity index (χ2v) is 6.56. The van der Waals surface area contributed by atoms with E-state index in [1.165, 1.54) is 31.5 Å². The summed E-state index contributed by atoms with van der Waals surface area (Å²) < 4.78 is 40.0. The second kappa shape index (κ2) is 7.94. The number of halogens is 3. The number of nitrogens with zero attached hydrogens (tertiary/aromatic N) is 3. The number of anilines is 1. The molecule has 4 rings (SSSR count). The van der Waals surface area contributed by atoms with E-state index < -0.39 is 13.1 Å². The molecular weight excluding hydrogens is 395 g/mol. The predicted molar refractivity (Wildman–Crippen MR) is 107 cm³/mol. The summed E-state index contributed by atoms with van der Waals surface area (Å²) >= 11 is 0. The van der Waals surface area contributed by atoms with Crippen LogP contribution in [0.1, 0.15) is 24.6 Å². The molecule has 0 bridgehead atoms. The fourth-order valence-corrected chi connectivity index (χ4v) is 3.26. The Hall–Kier alpha value is -3.75. The van der Waals surface area contributed by atoms with Crippen LogP contribution in [0.4, 0.5) is 19.0 Å². The van der Waals surface area contributed by atoms with Gasteiger partial charge in [0.1, 0.15) is 18.2 Å². The van der Waals surface area contributed by atoms with E-state index in [1.54, 1.807) is 24.3 Å². The van der Waals surface area contributed by atoms with E-state index in [-0.39, 0.29) is 17.3 Å². The highest BCUT2D eigenvalue weighted by atomic mass is 19.3. The monoisotopic (exact) mass is 411 g/mol. The van der Waals surface area contributed by atoms with E-state index in [2.05, 4.69) is 25.3 Å². The van der Waals surface area contributed by atoms with Gasteiger partial charge in [-0.2, -0.15) is 0 Å². The average Bonchev–Trinajstić information content (AvgIpc) is 3.13. The minimum Gasteiger partial charge on any atom is -0.352 e. The van der Waals surface area contributed by atoms with Crippen LogP contribution in [0.15, 0.2) is 48.8 Å². The summed E-state index contributed by atoms with van der Waals surface area (Å²) in [6.07, 6.45) is 0.229. The highest BCUT2D eigenvalue weighted by Gasteiger charge is 2.21. The van der Waals surface area contributed by atoms with E-state index >= 15 is 0 Å². The van der Waals surface area contributed by atoms with Crippen molar-refractivity contribution in [3.05, 3.63) is 60.0 Å². The van der Waals surface area contributed by atoms with Crippen molar-refractivity contribution in [1.82, 2.24) is 19.9 Å². The molecule has 0 aliphatic carbocycles. The fraction of sp³-hybridized carbons (Fsp3) is 0.143. The molecule has 152 valence electrons. The van der Waals surface area contributed by atoms with Crippen LogP contribution >= 0.6 is 0 Å². The first-order valence-corrected chi connectivity index (χ1v) is 9.03. The Morgan fingerprint density at radius 2 is 1.97 bits per heavy atom. The van der Waals surface area contributed by atoms with E-state index in [0.29, 0.717) is 39.2 Å². The number of pyridine rings is 3. The highest BCUT2D eigenvalue weighted by molar-refractivity contribution is 6.02. The fourth-order valence-electron chi connectivity index (χ4n) is 3.26. The number of alkyl halides is 3. The van der Waals surface area contributed by atoms with Crippen molar-refractivity contribution in [3.8, 4) is 22.5 Å². The number of nitrogens with one attached hydrogen (secondary N) is 2. The maximum atomic E-state index is 13.6. The van der Waals surface area contributed by atoms with Gasteiger partial charge in [0.15, 0.2) is 0 Å². The molecule has 0 radical (unpaired) electrons. The summed E-state index contributed by atoms with van der Waals surface area (Å²) in [4.78, 5) is 27.1. The van der Waals surface area contributed by atoms with Gasteiger partial charge in [0, 0.05) is 30.4 Å². The van der Waals surface area contributed by atoms with Gasteiger partial charge in [-0.25, -0.2) is 23.1 Å². The van der Waals surface area contributed by atoms with Crippen LogP contribution < -0.4 is 5.32 Å². The molecule has 0 aromatic carbocycles. The van der Waals surface area contributed by atoms with Crippen LogP contribution in [0.3, 0.4) is 0 Å². The predicted octanol–water partition coefficient (Wildman–Crippen LogP) is 5.05. The molecule has 4 aromatic rings. The minimum absolute atomic E-state index is 0.274. The smallest absolute Gasteiger partial charge is 0.280 e. The quantitative estimate of drug-likeness (QED) is 0.481. The van der Waals surface area contributed by atoms with Gasteiger partial charge in [0.05, 0.1) is 28.0 Å². The van der Waals surface area contributed by atoms with Gasteiger partial charge < -0.3 is 10.3 Å². The van der Waals surface area contributed by atoms with Crippen molar-refractivity contribution < 1.29 is 18.0 Å². The van der Waals surface area contributed by atoms with Gasteiger partial charge >= 0.3 is 0 Å². The molecule has 1 amide bonds. The molecule has 6 nitrogen and oxygen atoms in total. The number of hydrogen-bond acceptors (Lipinski definition) is 4. The number of carbonyl (C=O) groups is 1. The molecule has 0 aliphatic heterocycles. The van der Waals surface area contributed by atoms with Crippen molar-refractivity contribution in [2.24, 2.45) is 0 Å². The van der Waals surface area contributed by atoms with Crippen LogP contribution in [-0.4, -0.2) is 25.8 Å². The number of amides is 1. The Kier molecular flexibility index (Phi) is 5.18. The van der Waals surface area contributed by atoms with Crippen LogP contribution in [-0.2, 0) is 11.5 Å². The van der Waals surface area contributed by atoms with Gasteiger partial charge in [-0.1, -0.05) is 6.07 Å². The van der Waals surface area contributed by atoms with Gasteiger partial charge in [0.2, 0.25) is 5.91 Å². The molecule has 0 saturated heterocycles. The summed E-state index contributed by atoms with van der Waals surface area (Å²) in [5, 5.41) is 2.60. The number of fused-ring (bicyclic) bond motifs is 1. The van der Waals surface area contributed by atoms with Crippen LogP contribution in [0.2, 0.25) is 0 Å². The molecule has 0 spiro atoms. The number of aromatic nitrogens is 4. The number of rotatable bonds is 5. The molecule has 0 atom stereocenters. The Bertz CT molecular complexity index is 1240. The number of H-pyrrole nitrogens is 1. The van der Waals surface area contributed by atoms with Crippen LogP contribution in [0.25, 0.3) is 33.5 Å². The normalized spacial score (nSPS) is 11.2. The topological polar surface area (TPSA) is 83.6 Å². The first-order valence-electron chi connectivity index (χ1n) is 9.03. The number of carbonyl (C=O) groups excluding carboxylic acids is 1. The summed E-state index contributed by atoms with van der Waals surface area (Å²) in [6.45, 7) is 0.635. The summed E-state index contributed by atoms with van der Waals surface area (Å²) in [6, 6.07) is 9.18. The SMILES string of the molecule is CC(=O)Nc1cc(-c2[nH]c3c(CF)ccnc3c2-c2cccc(C(F)F)n2)ccn1. The summed E-state index contributed by atoms with van der Waals surface area (Å²) in [7, 11) is 0. The zero-order chi connectivity index (χ0) is 21.3. The van der Waals surface area contributed by atoms with Crippen molar-refractivity contribution in [1.29, 1.82) is 0 Å². The molecule has 0 saturated carbocycles. The van der Waals surface area contributed by atoms with E-state index in [9.17, 15) is 18.0 Å². The van der Waals surface area contributed by atoms with E-state index in [4.69, 9.17) is 0 Å². The maximum Gasteiger partial charge on any atom is 0.280 e. The maximum absolute atomic E-state index is 13.6. The van der Waals surface area contributed by atoms with Gasteiger partial charge in [-0.05, 0) is 30.3 Å². The molecule has 2 N–H and O–H groups in total. The lowest BCUT2D eigenvalue weighted by Gasteiger charge is -2.08. The minimum atomic E-state index is -2.74. The van der Waals surface area contributed by atoms with Crippen molar-refractivity contribution in [2.45, 2.75) is 20.0 Å². The molecule has 0 unspecified atom stereocenters. The molecule has 0 aliphatic rings. The van der Waals surface area contributed by atoms with Gasteiger partial charge in [0.25, 0.3) is 6.43 Å². The largest absolute Gasteiger partial charge is 0.352 e. The lowest BCUT2D eigenvalue weighted by atomic mass is 10.0. The molecule has 0 fully saturated rings. The standard InChI is InChI=1S/C21H16F3N5O/c1-11(30)27-16-9-12(5-7-25-16)18-17(14-3-2-4-15(28-14)21(23)24)20-19(29-18)13(10-22)6-8-26-20/h2-9,21,29H,10H2,1H3,(H,25,27,30). The Balaban J connectivity index is 1.99. The summed E-state index contributed by atoms with van der Waals surface area (Å²) in [5.74, 6) is 0.0294. The number of aromatic amines is 1. The third kappa shape index (κ3) is 3.61. The molecule has 9 heteroatoms. The van der Waals surface area contributed by atoms with Crippen molar-refractivity contribution in [2.75, 3.05) is 5.32 Å². The third-order valence-electron chi connectivity index (χ3n) is 4.52. The molecule has 30 heavy (non-hydrogen) atoms. The van der Waals surface area contributed by atoms with Crippen molar-refractivity contribution in [3.63, 3.8) is 0 Å². The molecule has 4 heterocycles. The van der Waals surface area contributed by atoms with E-state index in [0.717, 1.165) is 0 Å². The first-order chi connectivity index (χ1) is 14.5. The lowest BCUT2D eigenvalue weighted by molar-refractivity contribution is -0.114. The third-order valence-corrected chi connectivity index (χ3v) is 4.52. The second-order valence-electron chi connectivity index (χ2n) is 6.56. The van der Waals surface area contributed by atoms with Crippen LogP contribution in [0.5, 0.6) is 0 Å². The lowest BCUT2D eigenvalue weighted by Crippen LogP contribution is -2.07. The average molecular weight is 411 g/mol. The zero-order valence-corrected chi connectivity index (χ0v) is 15.8. The highest BCUT2D eigenvalue weighted by Crippen LogP contribution is 2.38. The Labute approximate surface area is 169 Å². The summed E-state index contributed by atoms with van der Waals surface area (Å²) in [5.41, 5.74) is 2.72. The Morgan fingerprint density at radius 3 is 2.70 bits per heavy atom. The first kappa shape index (κ1) is 19.6. The van der Waals surface area contributed by atoms with Gasteiger partial charge in [-0.3, -0.25) is 9.78 Å². The van der Waals surface area contributed by atoms with E-state index in [1.807, 2.05) is 0 Å². The molecule has 4 aromatic heterocycles. The number of hydrogen-bond donors (Lipinski definition) is 2. The van der Waals surface area contributed by atoms with Gasteiger partial charge in [-0.15, -0.1) is 0 Å².